The lowest BCUT2D eigenvalue weighted by atomic mass is 10.2. The van der Waals surface area contributed by atoms with Gasteiger partial charge in [0.25, 0.3) is 0 Å². The number of hydrogen-bond donors (Lipinski definition) is 0. The van der Waals surface area contributed by atoms with Gasteiger partial charge in [-0.1, -0.05) is 6.92 Å². The van der Waals surface area contributed by atoms with Gasteiger partial charge in [0.15, 0.2) is 11.5 Å². The number of hydrogen-bond acceptors (Lipinski definition) is 2. The highest BCUT2D eigenvalue weighted by Crippen LogP contribution is 2.12. The van der Waals surface area contributed by atoms with Crippen LogP contribution in [0.3, 0.4) is 0 Å². The normalized spacial score (nSPS) is 16.3. The van der Waals surface area contributed by atoms with Crippen molar-refractivity contribution in [2.24, 2.45) is 0 Å². The van der Waals surface area contributed by atoms with Gasteiger partial charge in [-0.15, -0.1) is 0 Å². The average Bonchev–Trinajstić information content (AvgIpc) is 2.38. The highest BCUT2D eigenvalue weighted by Gasteiger charge is 2.12. The van der Waals surface area contributed by atoms with Gasteiger partial charge in [-0.3, -0.25) is 4.79 Å². The molecule has 0 aliphatic carbocycles. The third-order valence-electron chi connectivity index (χ3n) is 1.46. The van der Waals surface area contributed by atoms with Crippen LogP contribution in [0.25, 0.3) is 0 Å². The molecule has 0 fully saturated rings. The summed E-state index contributed by atoms with van der Waals surface area (Å²) in [7, 11) is 0. The number of ketones is 1. The summed E-state index contributed by atoms with van der Waals surface area (Å²) in [5.41, 5.74) is 0. The lowest BCUT2D eigenvalue weighted by molar-refractivity contribution is -0.118. The maximum Gasteiger partial charge on any atom is 0.197 e. The smallest absolute Gasteiger partial charge is 0.197 e. The summed E-state index contributed by atoms with van der Waals surface area (Å²) >= 11 is 0. The number of ether oxygens (including phenoxy) is 1. The zero-order valence-corrected chi connectivity index (χ0v) is 6.22. The summed E-state index contributed by atoms with van der Waals surface area (Å²) in [6, 6.07) is 0. The van der Waals surface area contributed by atoms with E-state index in [9.17, 15) is 4.79 Å². The lowest BCUT2D eigenvalue weighted by Gasteiger charge is -1.99. The molecule has 1 heterocycles. The van der Waals surface area contributed by atoms with Gasteiger partial charge in [0.2, 0.25) is 0 Å². The topological polar surface area (TPSA) is 26.3 Å². The molecule has 0 radical (unpaired) electrons. The first-order chi connectivity index (χ1) is 4.84. The van der Waals surface area contributed by atoms with Crippen LogP contribution in [0.4, 0.5) is 0 Å². The first kappa shape index (κ1) is 7.32. The third-order valence-corrected chi connectivity index (χ3v) is 1.46. The Morgan fingerprint density at radius 3 is 3.10 bits per heavy atom. The molecule has 0 saturated carbocycles. The molecule has 0 aromatic heterocycles. The van der Waals surface area contributed by atoms with Gasteiger partial charge in [-0.2, -0.15) is 0 Å². The zero-order valence-electron chi connectivity index (χ0n) is 6.22. The van der Waals surface area contributed by atoms with Crippen LogP contribution in [-0.4, -0.2) is 12.4 Å². The van der Waals surface area contributed by atoms with Crippen molar-refractivity contribution in [1.82, 2.24) is 0 Å². The van der Waals surface area contributed by atoms with Crippen LogP contribution >= 0.6 is 0 Å². The van der Waals surface area contributed by atoms with E-state index in [0.29, 0.717) is 18.8 Å². The number of Topliss-reactive ketones (excluding diaryl/α,β-unsaturated/α-hetero) is 1. The van der Waals surface area contributed by atoms with Gasteiger partial charge in [0.05, 0.1) is 6.61 Å². The molecule has 2 nitrogen and oxygen atoms in total. The summed E-state index contributed by atoms with van der Waals surface area (Å²) in [5.74, 6) is 0.738. The molecular weight excluding hydrogens is 128 g/mol. The van der Waals surface area contributed by atoms with Gasteiger partial charge >= 0.3 is 0 Å². The maximum atomic E-state index is 11.1. The number of carbonyl (C=O) groups excluding carboxylic acids is 1. The van der Waals surface area contributed by atoms with Gasteiger partial charge in [0, 0.05) is 12.8 Å². The van der Waals surface area contributed by atoms with Crippen LogP contribution in [0, 0.1) is 0 Å². The summed E-state index contributed by atoms with van der Waals surface area (Å²) in [4.78, 5) is 11.1. The predicted molar refractivity (Wildman–Crippen MR) is 38.6 cm³/mol. The van der Waals surface area contributed by atoms with Crippen LogP contribution in [0.1, 0.15) is 26.2 Å². The molecule has 0 atom stereocenters. The predicted octanol–water partition coefficient (Wildman–Crippen LogP) is 1.66. The Labute approximate surface area is 60.9 Å². The molecule has 0 saturated heterocycles. The molecule has 0 aromatic rings. The van der Waals surface area contributed by atoms with Crippen molar-refractivity contribution >= 4 is 5.78 Å². The second-order valence-electron chi connectivity index (χ2n) is 2.38. The van der Waals surface area contributed by atoms with Gasteiger partial charge < -0.3 is 4.74 Å². The van der Waals surface area contributed by atoms with E-state index < -0.39 is 0 Å². The summed E-state index contributed by atoms with van der Waals surface area (Å²) in [6.07, 6.45) is 4.29. The average molecular weight is 140 g/mol. The Morgan fingerprint density at radius 1 is 1.80 bits per heavy atom. The van der Waals surface area contributed by atoms with E-state index in [4.69, 9.17) is 4.74 Å². The van der Waals surface area contributed by atoms with E-state index >= 15 is 0 Å². The van der Waals surface area contributed by atoms with E-state index in [1.807, 2.05) is 13.0 Å². The Kier molecular flexibility index (Phi) is 2.49. The molecule has 0 unspecified atom stereocenters. The minimum atomic E-state index is 0.153. The van der Waals surface area contributed by atoms with Crippen molar-refractivity contribution in [2.75, 3.05) is 6.61 Å². The SMILES string of the molecule is CCCC(=O)C1=CCCO1. The minimum Gasteiger partial charge on any atom is -0.490 e. The first-order valence-corrected chi connectivity index (χ1v) is 3.70. The number of rotatable bonds is 3. The van der Waals surface area contributed by atoms with E-state index in [2.05, 4.69) is 0 Å². The molecule has 1 aliphatic heterocycles. The minimum absolute atomic E-state index is 0.153. The number of allylic oxidation sites excluding steroid dienone is 1. The molecule has 10 heavy (non-hydrogen) atoms. The molecule has 56 valence electrons. The molecule has 1 rings (SSSR count). The number of carbonyl (C=O) groups is 1. The molecule has 0 N–H and O–H groups in total. The summed E-state index contributed by atoms with van der Waals surface area (Å²) < 4.78 is 5.08. The largest absolute Gasteiger partial charge is 0.490 e. The van der Waals surface area contributed by atoms with Crippen molar-refractivity contribution in [2.45, 2.75) is 26.2 Å². The van der Waals surface area contributed by atoms with Crippen molar-refractivity contribution in [1.29, 1.82) is 0 Å². The molecule has 0 aromatic carbocycles. The van der Waals surface area contributed by atoms with E-state index in [1.165, 1.54) is 0 Å². The Balaban J connectivity index is 2.40. The van der Waals surface area contributed by atoms with Gasteiger partial charge in [0.1, 0.15) is 0 Å². The highest BCUT2D eigenvalue weighted by atomic mass is 16.5. The lowest BCUT2D eigenvalue weighted by Crippen LogP contribution is -2.01. The molecule has 1 aliphatic rings. The van der Waals surface area contributed by atoms with Crippen LogP contribution in [0.5, 0.6) is 0 Å². The Hall–Kier alpha value is -0.790. The third kappa shape index (κ3) is 1.59. The van der Waals surface area contributed by atoms with Gasteiger partial charge in [-0.25, -0.2) is 0 Å². The van der Waals surface area contributed by atoms with Crippen molar-refractivity contribution in [3.63, 3.8) is 0 Å². The molecule has 0 spiro atoms. The standard InChI is InChI=1S/C8H12O2/c1-2-4-7(9)8-5-3-6-10-8/h5H,2-4,6H2,1H3. The summed E-state index contributed by atoms with van der Waals surface area (Å²) in [5, 5.41) is 0. The van der Waals surface area contributed by atoms with Crippen LogP contribution in [0.2, 0.25) is 0 Å². The van der Waals surface area contributed by atoms with Crippen LogP contribution < -0.4 is 0 Å². The Morgan fingerprint density at radius 2 is 2.60 bits per heavy atom. The molecule has 0 bridgehead atoms. The fraction of sp³-hybridized carbons (Fsp3) is 0.625. The van der Waals surface area contributed by atoms with E-state index in [0.717, 1.165) is 12.8 Å². The zero-order chi connectivity index (χ0) is 7.40. The quantitative estimate of drug-likeness (QED) is 0.596. The van der Waals surface area contributed by atoms with Crippen LogP contribution in [0.15, 0.2) is 11.8 Å². The molecule has 2 heteroatoms. The van der Waals surface area contributed by atoms with Crippen molar-refractivity contribution in [3.05, 3.63) is 11.8 Å². The van der Waals surface area contributed by atoms with E-state index in [-0.39, 0.29) is 5.78 Å². The molecule has 0 amide bonds. The van der Waals surface area contributed by atoms with Crippen LogP contribution in [-0.2, 0) is 9.53 Å². The molecular formula is C8H12O2. The van der Waals surface area contributed by atoms with Crippen molar-refractivity contribution < 1.29 is 9.53 Å². The highest BCUT2D eigenvalue weighted by molar-refractivity contribution is 5.93. The first-order valence-electron chi connectivity index (χ1n) is 3.70. The Bertz CT molecular complexity index is 159. The monoisotopic (exact) mass is 140 g/mol. The fourth-order valence-corrected chi connectivity index (χ4v) is 0.962. The fourth-order valence-electron chi connectivity index (χ4n) is 0.962. The van der Waals surface area contributed by atoms with Gasteiger partial charge in [-0.05, 0) is 12.5 Å². The second kappa shape index (κ2) is 3.40. The maximum absolute atomic E-state index is 11.1. The summed E-state index contributed by atoms with van der Waals surface area (Å²) in [6.45, 7) is 2.68. The van der Waals surface area contributed by atoms with E-state index in [1.54, 1.807) is 0 Å². The second-order valence-corrected chi connectivity index (χ2v) is 2.38. The van der Waals surface area contributed by atoms with Crippen molar-refractivity contribution in [3.8, 4) is 0 Å².